The molecule has 0 saturated carbocycles. The highest BCUT2D eigenvalue weighted by Gasteiger charge is 2.33. The maximum absolute atomic E-state index is 12.6. The van der Waals surface area contributed by atoms with Crippen LogP contribution in [0.25, 0.3) is 0 Å². The lowest BCUT2D eigenvalue weighted by Gasteiger charge is -2.24. The van der Waals surface area contributed by atoms with Crippen molar-refractivity contribution in [2.24, 2.45) is 0 Å². The van der Waals surface area contributed by atoms with Crippen molar-refractivity contribution in [2.45, 2.75) is 38.1 Å². The molecule has 2 aromatic rings. The standard InChI is InChI=1S/C20H24N2O2S/c1-15(16-7-3-2-4-8-16)14-21-20(24)18-10-5-11-22(18)19(23)13-17-9-6-12-25-17/h2-4,6-9,12,15,18H,5,10-11,13-14H2,1H3,(H,21,24). The number of thiophene rings is 1. The minimum atomic E-state index is -0.324. The van der Waals surface area contributed by atoms with E-state index in [1.807, 2.05) is 35.7 Å². The minimum Gasteiger partial charge on any atom is -0.354 e. The molecule has 1 aliphatic rings. The van der Waals surface area contributed by atoms with Crippen molar-refractivity contribution in [2.75, 3.05) is 13.1 Å². The topological polar surface area (TPSA) is 49.4 Å². The lowest BCUT2D eigenvalue weighted by Crippen LogP contribution is -2.47. The zero-order chi connectivity index (χ0) is 17.6. The van der Waals surface area contributed by atoms with Crippen molar-refractivity contribution in [1.29, 1.82) is 0 Å². The molecule has 1 aliphatic heterocycles. The third kappa shape index (κ3) is 4.48. The monoisotopic (exact) mass is 356 g/mol. The predicted molar refractivity (Wildman–Crippen MR) is 101 cm³/mol. The van der Waals surface area contributed by atoms with Gasteiger partial charge in [-0.05, 0) is 35.8 Å². The largest absolute Gasteiger partial charge is 0.354 e. The van der Waals surface area contributed by atoms with Gasteiger partial charge in [0.1, 0.15) is 6.04 Å². The molecule has 1 aromatic heterocycles. The zero-order valence-electron chi connectivity index (χ0n) is 14.5. The van der Waals surface area contributed by atoms with Crippen LogP contribution in [-0.2, 0) is 16.0 Å². The van der Waals surface area contributed by atoms with Gasteiger partial charge >= 0.3 is 0 Å². The number of carbonyl (C=O) groups excluding carboxylic acids is 2. The van der Waals surface area contributed by atoms with Gasteiger partial charge in [-0.2, -0.15) is 0 Å². The van der Waals surface area contributed by atoms with Crippen molar-refractivity contribution in [1.82, 2.24) is 10.2 Å². The molecule has 0 aliphatic carbocycles. The van der Waals surface area contributed by atoms with E-state index in [2.05, 4.69) is 24.4 Å². The van der Waals surface area contributed by atoms with Crippen LogP contribution in [0.3, 0.4) is 0 Å². The number of likely N-dealkylation sites (tertiary alicyclic amines) is 1. The first-order chi connectivity index (χ1) is 12.1. The normalized spacial score (nSPS) is 18.1. The van der Waals surface area contributed by atoms with Crippen LogP contribution in [0.5, 0.6) is 0 Å². The van der Waals surface area contributed by atoms with Crippen LogP contribution in [0.15, 0.2) is 47.8 Å². The fourth-order valence-electron chi connectivity index (χ4n) is 3.27. The Kier molecular flexibility index (Phi) is 5.87. The van der Waals surface area contributed by atoms with Crippen molar-refractivity contribution in [3.05, 3.63) is 58.3 Å². The maximum Gasteiger partial charge on any atom is 0.242 e. The summed E-state index contributed by atoms with van der Waals surface area (Å²) < 4.78 is 0. The first-order valence-corrected chi connectivity index (χ1v) is 9.67. The minimum absolute atomic E-state index is 0.0280. The van der Waals surface area contributed by atoms with Gasteiger partial charge in [-0.15, -0.1) is 11.3 Å². The molecule has 0 radical (unpaired) electrons. The molecule has 2 unspecified atom stereocenters. The van der Waals surface area contributed by atoms with Gasteiger partial charge in [0.05, 0.1) is 6.42 Å². The first kappa shape index (κ1) is 17.7. The molecule has 1 saturated heterocycles. The molecular weight excluding hydrogens is 332 g/mol. The summed E-state index contributed by atoms with van der Waals surface area (Å²) in [6.07, 6.45) is 2.03. The van der Waals surface area contributed by atoms with Crippen LogP contribution in [0.1, 0.15) is 36.1 Å². The number of amides is 2. The van der Waals surface area contributed by atoms with Crippen LogP contribution in [0.2, 0.25) is 0 Å². The molecule has 2 amide bonds. The number of carbonyl (C=O) groups is 2. The molecule has 1 fully saturated rings. The molecule has 4 nitrogen and oxygen atoms in total. The molecule has 132 valence electrons. The SMILES string of the molecule is CC(CNC(=O)C1CCCN1C(=O)Cc1cccs1)c1ccccc1. The summed E-state index contributed by atoms with van der Waals surface area (Å²) in [6.45, 7) is 3.37. The molecule has 0 bridgehead atoms. The Hall–Kier alpha value is -2.14. The Bertz CT molecular complexity index is 700. The quantitative estimate of drug-likeness (QED) is 0.864. The van der Waals surface area contributed by atoms with E-state index >= 15 is 0 Å². The van der Waals surface area contributed by atoms with Gasteiger partial charge in [0.15, 0.2) is 0 Å². The molecule has 1 aromatic carbocycles. The average molecular weight is 356 g/mol. The van der Waals surface area contributed by atoms with Gasteiger partial charge in [0, 0.05) is 18.0 Å². The highest BCUT2D eigenvalue weighted by Crippen LogP contribution is 2.21. The predicted octanol–water partition coefficient (Wildman–Crippen LogP) is 3.20. The Morgan fingerprint density at radius 1 is 1.24 bits per heavy atom. The lowest BCUT2D eigenvalue weighted by atomic mass is 10.0. The summed E-state index contributed by atoms with van der Waals surface area (Å²) in [6, 6.07) is 13.7. The highest BCUT2D eigenvalue weighted by molar-refractivity contribution is 7.10. The first-order valence-electron chi connectivity index (χ1n) is 8.79. The summed E-state index contributed by atoms with van der Waals surface area (Å²) in [5.41, 5.74) is 1.21. The summed E-state index contributed by atoms with van der Waals surface area (Å²) in [4.78, 5) is 27.9. The molecule has 2 heterocycles. The fraction of sp³-hybridized carbons (Fsp3) is 0.400. The third-order valence-electron chi connectivity index (χ3n) is 4.73. The summed E-state index contributed by atoms with van der Waals surface area (Å²) in [5, 5.41) is 5.01. The number of nitrogens with one attached hydrogen (secondary N) is 1. The van der Waals surface area contributed by atoms with Gasteiger partial charge in [0.25, 0.3) is 0 Å². The molecule has 0 spiro atoms. The maximum atomic E-state index is 12.6. The number of rotatable bonds is 6. The fourth-order valence-corrected chi connectivity index (χ4v) is 3.97. The van der Waals surface area contributed by atoms with E-state index in [-0.39, 0.29) is 23.8 Å². The van der Waals surface area contributed by atoms with Gasteiger partial charge in [0.2, 0.25) is 11.8 Å². The van der Waals surface area contributed by atoms with E-state index in [9.17, 15) is 9.59 Å². The van der Waals surface area contributed by atoms with E-state index in [0.29, 0.717) is 19.5 Å². The molecule has 5 heteroatoms. The number of hydrogen-bond acceptors (Lipinski definition) is 3. The Labute approximate surface area is 152 Å². The van der Waals surface area contributed by atoms with Crippen molar-refractivity contribution in [3.63, 3.8) is 0 Å². The van der Waals surface area contributed by atoms with Crippen LogP contribution in [-0.4, -0.2) is 35.8 Å². The third-order valence-corrected chi connectivity index (χ3v) is 5.61. The van der Waals surface area contributed by atoms with E-state index in [4.69, 9.17) is 0 Å². The van der Waals surface area contributed by atoms with E-state index in [1.165, 1.54) is 5.56 Å². The zero-order valence-corrected chi connectivity index (χ0v) is 15.3. The van der Waals surface area contributed by atoms with Gasteiger partial charge in [-0.25, -0.2) is 0 Å². The van der Waals surface area contributed by atoms with Gasteiger partial charge < -0.3 is 10.2 Å². The van der Waals surface area contributed by atoms with E-state index < -0.39 is 0 Å². The van der Waals surface area contributed by atoms with Crippen molar-refractivity contribution >= 4 is 23.2 Å². The number of hydrogen-bond donors (Lipinski definition) is 1. The molecule has 1 N–H and O–H groups in total. The van der Waals surface area contributed by atoms with Gasteiger partial charge in [-0.3, -0.25) is 9.59 Å². The molecular formula is C20H24N2O2S. The Morgan fingerprint density at radius 2 is 2.04 bits per heavy atom. The smallest absolute Gasteiger partial charge is 0.242 e. The molecule has 2 atom stereocenters. The highest BCUT2D eigenvalue weighted by atomic mass is 32.1. The van der Waals surface area contributed by atoms with Crippen molar-refractivity contribution in [3.8, 4) is 0 Å². The number of benzene rings is 1. The summed E-state index contributed by atoms with van der Waals surface area (Å²) in [7, 11) is 0. The van der Waals surface area contributed by atoms with Crippen LogP contribution < -0.4 is 5.32 Å². The van der Waals surface area contributed by atoms with Crippen LogP contribution in [0.4, 0.5) is 0 Å². The number of nitrogens with zero attached hydrogens (tertiary/aromatic N) is 1. The summed E-state index contributed by atoms with van der Waals surface area (Å²) >= 11 is 1.58. The Balaban J connectivity index is 1.54. The second-order valence-corrected chi connectivity index (χ2v) is 7.59. The lowest BCUT2D eigenvalue weighted by molar-refractivity contribution is -0.137. The molecule has 25 heavy (non-hydrogen) atoms. The van der Waals surface area contributed by atoms with Gasteiger partial charge in [-0.1, -0.05) is 43.3 Å². The molecule has 3 rings (SSSR count). The average Bonchev–Trinajstić information content (AvgIpc) is 3.31. The van der Waals surface area contributed by atoms with E-state index in [1.54, 1.807) is 16.2 Å². The Morgan fingerprint density at radius 3 is 2.76 bits per heavy atom. The van der Waals surface area contributed by atoms with Crippen LogP contribution in [0, 0.1) is 0 Å². The van der Waals surface area contributed by atoms with E-state index in [0.717, 1.165) is 17.7 Å². The second-order valence-electron chi connectivity index (χ2n) is 6.56. The van der Waals surface area contributed by atoms with Crippen LogP contribution >= 0.6 is 11.3 Å². The summed E-state index contributed by atoms with van der Waals surface area (Å²) in [5.74, 6) is 0.276. The van der Waals surface area contributed by atoms with Crippen molar-refractivity contribution < 1.29 is 9.59 Å². The second kappa shape index (κ2) is 8.30.